The first-order valence-corrected chi connectivity index (χ1v) is 7.04. The first-order valence-electron chi connectivity index (χ1n) is 6.63. The quantitative estimate of drug-likeness (QED) is 0.452. The molecule has 2 heterocycles. The number of furan rings is 1. The Morgan fingerprint density at radius 3 is 2.83 bits per heavy atom. The topological polar surface area (TPSA) is 85.4 Å². The molecule has 0 radical (unpaired) electrons. The van der Waals surface area contributed by atoms with Crippen molar-refractivity contribution in [2.75, 3.05) is 7.11 Å². The molecule has 7 nitrogen and oxygen atoms in total. The fraction of sp³-hybridized carbons (Fsp3) is 0.0667. The van der Waals surface area contributed by atoms with Gasteiger partial charge in [0, 0.05) is 0 Å². The second-order valence-corrected chi connectivity index (χ2v) is 4.89. The maximum atomic E-state index is 11.4. The van der Waals surface area contributed by atoms with Gasteiger partial charge in [-0.05, 0) is 42.0 Å². The van der Waals surface area contributed by atoms with E-state index in [1.54, 1.807) is 48.9 Å². The third-order valence-electron chi connectivity index (χ3n) is 3.05. The first kappa shape index (κ1) is 14.9. The molecule has 0 amide bonds. The van der Waals surface area contributed by atoms with Crippen molar-refractivity contribution < 1.29 is 13.9 Å². The number of hydrogen-bond donors (Lipinski definition) is 1. The van der Waals surface area contributed by atoms with Gasteiger partial charge in [0.1, 0.15) is 0 Å². The lowest BCUT2D eigenvalue weighted by molar-refractivity contribution is 0.0600. The number of hydrogen-bond acceptors (Lipinski definition) is 6. The number of rotatable bonds is 4. The van der Waals surface area contributed by atoms with Crippen LogP contribution < -0.4 is 0 Å². The SMILES string of the molecule is COC(=O)c1ccc(/C=N\n2c(-c3ccco3)n[nH]c2=S)cc1. The Hall–Kier alpha value is -3.00. The van der Waals surface area contributed by atoms with E-state index in [4.69, 9.17) is 16.6 Å². The van der Waals surface area contributed by atoms with Gasteiger partial charge in [-0.15, -0.1) is 5.10 Å². The van der Waals surface area contributed by atoms with Crippen molar-refractivity contribution in [3.63, 3.8) is 0 Å². The van der Waals surface area contributed by atoms with Gasteiger partial charge in [-0.3, -0.25) is 0 Å². The number of nitrogens with one attached hydrogen (secondary N) is 1. The van der Waals surface area contributed by atoms with Crippen LogP contribution in [0.15, 0.2) is 52.2 Å². The Bertz CT molecular complexity index is 892. The minimum absolute atomic E-state index is 0.346. The van der Waals surface area contributed by atoms with Crippen LogP contribution in [0.4, 0.5) is 0 Å². The van der Waals surface area contributed by atoms with E-state index in [1.165, 1.54) is 11.8 Å². The highest BCUT2D eigenvalue weighted by Crippen LogP contribution is 2.17. The van der Waals surface area contributed by atoms with Gasteiger partial charge >= 0.3 is 5.97 Å². The molecule has 2 aromatic heterocycles. The third kappa shape index (κ3) is 3.11. The summed E-state index contributed by atoms with van der Waals surface area (Å²) in [7, 11) is 1.34. The van der Waals surface area contributed by atoms with E-state index in [1.807, 2.05) is 0 Å². The third-order valence-corrected chi connectivity index (χ3v) is 3.31. The van der Waals surface area contributed by atoms with Crippen molar-refractivity contribution >= 4 is 24.4 Å². The van der Waals surface area contributed by atoms with Gasteiger partial charge < -0.3 is 9.15 Å². The molecule has 0 unspecified atom stereocenters. The van der Waals surface area contributed by atoms with Crippen molar-refractivity contribution in [3.8, 4) is 11.6 Å². The summed E-state index contributed by atoms with van der Waals surface area (Å²) in [4.78, 5) is 11.4. The molecule has 0 saturated heterocycles. The van der Waals surface area contributed by atoms with Gasteiger partial charge in [-0.25, -0.2) is 9.89 Å². The molecule has 0 aliphatic carbocycles. The van der Waals surface area contributed by atoms with Crippen LogP contribution in [0.3, 0.4) is 0 Å². The van der Waals surface area contributed by atoms with Crippen molar-refractivity contribution in [2.45, 2.75) is 0 Å². The molecule has 0 spiro atoms. The predicted octanol–water partition coefficient (Wildman–Crippen LogP) is 2.87. The normalized spacial score (nSPS) is 11.0. The molecular weight excluding hydrogens is 316 g/mol. The molecule has 0 atom stereocenters. The predicted molar refractivity (Wildman–Crippen MR) is 85.9 cm³/mol. The molecule has 0 saturated carbocycles. The largest absolute Gasteiger partial charge is 0.465 e. The molecule has 116 valence electrons. The minimum Gasteiger partial charge on any atom is -0.465 e. The zero-order chi connectivity index (χ0) is 16.2. The number of carbonyl (C=O) groups is 1. The number of H-pyrrole nitrogens is 1. The molecule has 0 fully saturated rings. The minimum atomic E-state index is -0.384. The van der Waals surface area contributed by atoms with Crippen molar-refractivity contribution in [1.82, 2.24) is 14.9 Å². The zero-order valence-corrected chi connectivity index (χ0v) is 12.9. The van der Waals surface area contributed by atoms with Gasteiger partial charge in [0.05, 0.1) is 25.2 Å². The summed E-state index contributed by atoms with van der Waals surface area (Å²) in [6.45, 7) is 0. The van der Waals surface area contributed by atoms with E-state index in [0.717, 1.165) is 5.56 Å². The zero-order valence-electron chi connectivity index (χ0n) is 12.1. The lowest BCUT2D eigenvalue weighted by atomic mass is 10.1. The van der Waals surface area contributed by atoms with Crippen LogP contribution in [0.25, 0.3) is 11.6 Å². The Morgan fingerprint density at radius 2 is 2.17 bits per heavy atom. The van der Waals surface area contributed by atoms with Crippen LogP contribution in [0.1, 0.15) is 15.9 Å². The highest BCUT2D eigenvalue weighted by Gasteiger charge is 2.10. The number of methoxy groups -OCH3 is 1. The van der Waals surface area contributed by atoms with E-state index in [-0.39, 0.29) is 5.97 Å². The van der Waals surface area contributed by atoms with Gasteiger partial charge in [0.15, 0.2) is 5.76 Å². The van der Waals surface area contributed by atoms with E-state index in [9.17, 15) is 4.79 Å². The summed E-state index contributed by atoms with van der Waals surface area (Å²) >= 11 is 5.16. The Kier molecular flexibility index (Phi) is 4.15. The second-order valence-electron chi connectivity index (χ2n) is 4.50. The second kappa shape index (κ2) is 6.41. The average molecular weight is 328 g/mol. The number of ether oxygens (including phenoxy) is 1. The highest BCUT2D eigenvalue weighted by atomic mass is 32.1. The number of aromatic amines is 1. The van der Waals surface area contributed by atoms with Gasteiger partial charge in [0.25, 0.3) is 0 Å². The van der Waals surface area contributed by atoms with Gasteiger partial charge in [0.2, 0.25) is 10.6 Å². The van der Waals surface area contributed by atoms with Crippen molar-refractivity contribution in [2.24, 2.45) is 5.10 Å². The van der Waals surface area contributed by atoms with Crippen LogP contribution in [0.5, 0.6) is 0 Å². The lowest BCUT2D eigenvalue weighted by Gasteiger charge is -2.00. The summed E-state index contributed by atoms with van der Waals surface area (Å²) in [6, 6.07) is 10.4. The molecule has 0 aliphatic rings. The molecule has 23 heavy (non-hydrogen) atoms. The number of esters is 1. The molecule has 1 aromatic carbocycles. The monoisotopic (exact) mass is 328 g/mol. The molecule has 0 aliphatic heterocycles. The molecule has 3 rings (SSSR count). The van der Waals surface area contributed by atoms with E-state index in [0.29, 0.717) is 21.9 Å². The van der Waals surface area contributed by atoms with Gasteiger partial charge in [-0.1, -0.05) is 12.1 Å². The summed E-state index contributed by atoms with van der Waals surface area (Å²) in [5, 5.41) is 11.1. The Morgan fingerprint density at radius 1 is 1.39 bits per heavy atom. The molecule has 3 aromatic rings. The lowest BCUT2D eigenvalue weighted by Crippen LogP contribution is -2.01. The summed E-state index contributed by atoms with van der Waals surface area (Å²) in [5.74, 6) is 0.642. The van der Waals surface area contributed by atoms with Crippen LogP contribution in [-0.4, -0.2) is 34.2 Å². The van der Waals surface area contributed by atoms with Crippen LogP contribution in [-0.2, 0) is 4.74 Å². The Labute approximate surface area is 136 Å². The number of aromatic nitrogens is 3. The summed E-state index contributed by atoms with van der Waals surface area (Å²) in [6.07, 6.45) is 3.16. The number of carbonyl (C=O) groups excluding carboxylic acids is 1. The number of benzene rings is 1. The van der Waals surface area contributed by atoms with Crippen LogP contribution >= 0.6 is 12.2 Å². The molecule has 0 bridgehead atoms. The maximum Gasteiger partial charge on any atom is 0.337 e. The van der Waals surface area contributed by atoms with E-state index >= 15 is 0 Å². The molecule has 8 heteroatoms. The van der Waals surface area contributed by atoms with Crippen LogP contribution in [0, 0.1) is 4.77 Å². The van der Waals surface area contributed by atoms with E-state index in [2.05, 4.69) is 20.0 Å². The average Bonchev–Trinajstić information content (AvgIpc) is 3.22. The van der Waals surface area contributed by atoms with E-state index < -0.39 is 0 Å². The maximum absolute atomic E-state index is 11.4. The molecular formula is C15H12N4O3S. The van der Waals surface area contributed by atoms with Crippen LogP contribution in [0.2, 0.25) is 0 Å². The fourth-order valence-corrected chi connectivity index (χ4v) is 2.09. The van der Waals surface area contributed by atoms with Crippen molar-refractivity contribution in [3.05, 3.63) is 58.6 Å². The van der Waals surface area contributed by atoms with Crippen molar-refractivity contribution in [1.29, 1.82) is 0 Å². The number of nitrogens with zero attached hydrogens (tertiary/aromatic N) is 3. The molecule has 1 N–H and O–H groups in total. The summed E-state index contributed by atoms with van der Waals surface area (Å²) in [5.41, 5.74) is 1.27. The standard InChI is InChI=1S/C15H12N4O3S/c1-21-14(20)11-6-4-10(5-7-11)9-16-19-13(17-18-15(19)23)12-3-2-8-22-12/h2-9H,1H3,(H,18,23)/b16-9-. The smallest absolute Gasteiger partial charge is 0.337 e. The van der Waals surface area contributed by atoms with Gasteiger partial charge in [-0.2, -0.15) is 9.78 Å². The Balaban J connectivity index is 1.88. The summed E-state index contributed by atoms with van der Waals surface area (Å²) < 4.78 is 11.8. The first-order chi connectivity index (χ1) is 11.2. The fourth-order valence-electron chi connectivity index (χ4n) is 1.91. The highest BCUT2D eigenvalue weighted by molar-refractivity contribution is 7.71.